The van der Waals surface area contributed by atoms with Crippen LogP contribution in [0.5, 0.6) is 5.75 Å². The van der Waals surface area contributed by atoms with E-state index in [1.54, 1.807) is 26.8 Å². The molecular formula is C31H42ClN3O5. The second kappa shape index (κ2) is 12.3. The number of anilines is 1. The number of rotatable bonds is 7. The summed E-state index contributed by atoms with van der Waals surface area (Å²) in [5, 5.41) is 4.25. The molecule has 8 nitrogen and oxygen atoms in total. The number of likely N-dealkylation sites (tertiary alicyclic amines) is 1. The third kappa shape index (κ3) is 7.02. The molecule has 1 saturated carbocycles. The van der Waals surface area contributed by atoms with Gasteiger partial charge in [0, 0.05) is 34.8 Å². The lowest BCUT2D eigenvalue weighted by atomic mass is 9.73. The Labute approximate surface area is 242 Å². The first-order valence-corrected chi connectivity index (χ1v) is 14.3. The topological polar surface area (TPSA) is 80.3 Å². The maximum atomic E-state index is 12.8. The Hall–Kier alpha value is -2.97. The Kier molecular flexibility index (Phi) is 9.20. The number of nitrogens with zero attached hydrogens (tertiary/aromatic N) is 2. The van der Waals surface area contributed by atoms with Crippen molar-refractivity contribution in [2.24, 2.45) is 0 Å². The van der Waals surface area contributed by atoms with Crippen molar-refractivity contribution >= 4 is 29.4 Å². The summed E-state index contributed by atoms with van der Waals surface area (Å²) in [7, 11) is 5.63. The first-order valence-electron chi connectivity index (χ1n) is 13.9. The van der Waals surface area contributed by atoms with Crippen LogP contribution in [0.1, 0.15) is 58.4 Å². The molecule has 9 heteroatoms. The number of esters is 1. The summed E-state index contributed by atoms with van der Waals surface area (Å²) in [5.74, 6) is 0.0814. The summed E-state index contributed by atoms with van der Waals surface area (Å²) in [6.07, 6.45) is 3.53. The van der Waals surface area contributed by atoms with Crippen LogP contribution in [0.4, 0.5) is 10.5 Å². The average molecular weight is 572 g/mol. The fraction of sp³-hybridized carbons (Fsp3) is 0.548. The molecule has 0 aromatic heterocycles. The fourth-order valence-corrected chi connectivity index (χ4v) is 6.18. The molecule has 40 heavy (non-hydrogen) atoms. The van der Waals surface area contributed by atoms with Crippen molar-refractivity contribution < 1.29 is 23.8 Å². The number of amides is 1. The highest BCUT2D eigenvalue weighted by Gasteiger charge is 2.43. The van der Waals surface area contributed by atoms with Crippen LogP contribution in [0.3, 0.4) is 0 Å². The van der Waals surface area contributed by atoms with Gasteiger partial charge in [0.05, 0.1) is 13.7 Å². The van der Waals surface area contributed by atoms with E-state index in [-0.39, 0.29) is 18.1 Å². The van der Waals surface area contributed by atoms with Gasteiger partial charge in [0.1, 0.15) is 23.5 Å². The summed E-state index contributed by atoms with van der Waals surface area (Å²) in [5.41, 5.74) is 1.47. The third-order valence-corrected chi connectivity index (χ3v) is 8.02. The monoisotopic (exact) mass is 571 g/mol. The van der Waals surface area contributed by atoms with Crippen LogP contribution in [0, 0.1) is 0 Å². The van der Waals surface area contributed by atoms with Gasteiger partial charge in [-0.15, -0.1) is 0 Å². The number of hydrogen-bond acceptors (Lipinski definition) is 7. The predicted octanol–water partition coefficient (Wildman–Crippen LogP) is 6.08. The SMILES string of the molecule is COC(=O)[C@@H]1C[C@H](Oc2cc(Cl)cc(N[C@@H]3CCCC(c4ccccc4)(N(C)C)C3)c2)CN1C(=O)OC(C)(C)C. The minimum absolute atomic E-state index is 0.0487. The molecule has 1 unspecified atom stereocenters. The number of ether oxygens (including phenoxy) is 3. The zero-order valence-corrected chi connectivity index (χ0v) is 25.2. The molecule has 1 heterocycles. The molecule has 0 radical (unpaired) electrons. The molecule has 0 spiro atoms. The number of benzene rings is 2. The van der Waals surface area contributed by atoms with Crippen molar-refractivity contribution in [3.05, 3.63) is 59.1 Å². The van der Waals surface area contributed by atoms with Gasteiger partial charge in [0.2, 0.25) is 0 Å². The molecule has 1 saturated heterocycles. The molecule has 1 N–H and O–H groups in total. The molecule has 2 fully saturated rings. The van der Waals surface area contributed by atoms with E-state index in [1.165, 1.54) is 17.6 Å². The Morgan fingerprint density at radius 1 is 1.12 bits per heavy atom. The molecule has 2 aliphatic rings. The third-order valence-electron chi connectivity index (χ3n) is 7.80. The molecule has 1 amide bonds. The minimum Gasteiger partial charge on any atom is -0.488 e. The lowest BCUT2D eigenvalue weighted by Crippen LogP contribution is -2.48. The summed E-state index contributed by atoms with van der Waals surface area (Å²) >= 11 is 6.52. The second-order valence-electron chi connectivity index (χ2n) is 12.1. The number of carbonyl (C=O) groups excluding carboxylic acids is 2. The van der Waals surface area contributed by atoms with E-state index in [2.05, 4.69) is 54.6 Å². The van der Waals surface area contributed by atoms with Gasteiger partial charge in [-0.2, -0.15) is 0 Å². The fourth-order valence-electron chi connectivity index (χ4n) is 5.96. The Bertz CT molecular complexity index is 1190. The van der Waals surface area contributed by atoms with Crippen molar-refractivity contribution in [1.82, 2.24) is 9.80 Å². The maximum absolute atomic E-state index is 12.8. The lowest BCUT2D eigenvalue weighted by molar-refractivity contribution is -0.145. The Balaban J connectivity index is 1.48. The first kappa shape index (κ1) is 30.0. The number of nitrogens with one attached hydrogen (secondary N) is 1. The molecule has 4 rings (SSSR count). The molecule has 0 bridgehead atoms. The highest BCUT2D eigenvalue weighted by Crippen LogP contribution is 2.42. The molecule has 218 valence electrons. The normalized spacial score (nSPS) is 25.0. The van der Waals surface area contributed by atoms with Crippen LogP contribution in [-0.2, 0) is 19.8 Å². The zero-order valence-electron chi connectivity index (χ0n) is 24.4. The van der Waals surface area contributed by atoms with Crippen molar-refractivity contribution in [3.63, 3.8) is 0 Å². The van der Waals surface area contributed by atoms with E-state index in [9.17, 15) is 9.59 Å². The lowest BCUT2D eigenvalue weighted by Gasteiger charge is -2.46. The molecule has 1 aliphatic heterocycles. The molecule has 1 aliphatic carbocycles. The van der Waals surface area contributed by atoms with Gasteiger partial charge in [-0.1, -0.05) is 41.9 Å². The number of carbonyl (C=O) groups is 2. The number of halogens is 1. The largest absolute Gasteiger partial charge is 0.488 e. The van der Waals surface area contributed by atoms with Gasteiger partial charge in [-0.3, -0.25) is 9.80 Å². The highest BCUT2D eigenvalue weighted by atomic mass is 35.5. The van der Waals surface area contributed by atoms with Gasteiger partial charge < -0.3 is 19.5 Å². The van der Waals surface area contributed by atoms with Gasteiger partial charge in [-0.05, 0) is 78.2 Å². The number of hydrogen-bond donors (Lipinski definition) is 1. The van der Waals surface area contributed by atoms with Crippen molar-refractivity contribution in [2.45, 2.75) is 82.2 Å². The van der Waals surface area contributed by atoms with Gasteiger partial charge in [0.15, 0.2) is 0 Å². The number of methoxy groups -OCH3 is 1. The van der Waals surface area contributed by atoms with E-state index in [4.69, 9.17) is 25.8 Å². The second-order valence-corrected chi connectivity index (χ2v) is 12.5. The van der Waals surface area contributed by atoms with E-state index in [0.29, 0.717) is 17.2 Å². The average Bonchev–Trinajstić information content (AvgIpc) is 3.31. The summed E-state index contributed by atoms with van der Waals surface area (Å²) < 4.78 is 16.8. The molecule has 2 aromatic carbocycles. The van der Waals surface area contributed by atoms with Crippen LogP contribution >= 0.6 is 11.6 Å². The van der Waals surface area contributed by atoms with Crippen LogP contribution < -0.4 is 10.1 Å². The summed E-state index contributed by atoms with van der Waals surface area (Å²) in [6.45, 7) is 5.57. The van der Waals surface area contributed by atoms with Crippen LogP contribution in [-0.4, -0.2) is 73.4 Å². The Morgan fingerprint density at radius 3 is 2.50 bits per heavy atom. The standard InChI is InChI=1S/C31H42ClN3O5/c1-30(2,3)40-29(37)35-20-26(18-27(35)28(36)38-6)39-25-16-22(32)15-24(17-25)33-23-13-10-14-31(19-23,34(4)5)21-11-8-7-9-12-21/h7-9,11-12,15-17,23,26-27,33H,10,13-14,18-20H2,1-6H3/t23-,26+,27+,31?/m1/s1. The Morgan fingerprint density at radius 2 is 1.85 bits per heavy atom. The first-order chi connectivity index (χ1) is 18.9. The van der Waals surface area contributed by atoms with Crippen LogP contribution in [0.2, 0.25) is 5.02 Å². The van der Waals surface area contributed by atoms with E-state index < -0.39 is 29.8 Å². The molecule has 2 aromatic rings. The van der Waals surface area contributed by atoms with E-state index >= 15 is 0 Å². The maximum Gasteiger partial charge on any atom is 0.411 e. The highest BCUT2D eigenvalue weighted by molar-refractivity contribution is 6.31. The van der Waals surface area contributed by atoms with Gasteiger partial charge >= 0.3 is 12.1 Å². The summed E-state index contributed by atoms with van der Waals surface area (Å²) in [6, 6.07) is 15.8. The van der Waals surface area contributed by atoms with Gasteiger partial charge in [0.25, 0.3) is 0 Å². The van der Waals surface area contributed by atoms with Gasteiger partial charge in [-0.25, -0.2) is 9.59 Å². The van der Waals surface area contributed by atoms with E-state index in [1.807, 2.05) is 12.1 Å². The predicted molar refractivity (Wildman–Crippen MR) is 157 cm³/mol. The van der Waals surface area contributed by atoms with Crippen LogP contribution in [0.25, 0.3) is 0 Å². The molecule has 4 atom stereocenters. The van der Waals surface area contributed by atoms with Crippen molar-refractivity contribution in [3.8, 4) is 5.75 Å². The van der Waals surface area contributed by atoms with Crippen molar-refractivity contribution in [2.75, 3.05) is 33.1 Å². The molecular weight excluding hydrogens is 530 g/mol. The smallest absolute Gasteiger partial charge is 0.411 e. The zero-order chi connectivity index (χ0) is 29.1. The quantitative estimate of drug-likeness (QED) is 0.403. The van der Waals surface area contributed by atoms with E-state index in [0.717, 1.165) is 31.4 Å². The van der Waals surface area contributed by atoms with Crippen molar-refractivity contribution in [1.29, 1.82) is 0 Å². The summed E-state index contributed by atoms with van der Waals surface area (Å²) in [4.78, 5) is 29.0. The minimum atomic E-state index is -0.777. The van der Waals surface area contributed by atoms with Crippen LogP contribution in [0.15, 0.2) is 48.5 Å².